The van der Waals surface area contributed by atoms with E-state index in [-0.39, 0.29) is 23.9 Å². The number of piperidine rings is 1. The van der Waals surface area contributed by atoms with Gasteiger partial charge in [-0.25, -0.2) is 4.39 Å². The number of ether oxygens (including phenoxy) is 1. The Morgan fingerprint density at radius 3 is 2.77 bits per heavy atom. The number of carbonyl (C=O) groups excluding carboxylic acids is 2. The number of benzene rings is 2. The minimum absolute atomic E-state index is 0.0362. The van der Waals surface area contributed by atoms with E-state index >= 15 is 0 Å². The Morgan fingerprint density at radius 2 is 2.00 bits per heavy atom. The van der Waals surface area contributed by atoms with Crippen LogP contribution in [0, 0.1) is 12.7 Å². The molecular weight excluding hydrogens is 419 g/mol. The normalized spacial score (nSPS) is 18.2. The molecule has 3 aromatic rings. The zero-order chi connectivity index (χ0) is 21.8. The molecule has 1 aromatic heterocycles. The van der Waals surface area contributed by atoms with Crippen molar-refractivity contribution >= 4 is 34.1 Å². The van der Waals surface area contributed by atoms with Gasteiger partial charge in [0, 0.05) is 53.1 Å². The summed E-state index contributed by atoms with van der Waals surface area (Å²) in [6, 6.07) is 9.59. The predicted octanol–water partition coefficient (Wildman–Crippen LogP) is 4.95. The van der Waals surface area contributed by atoms with E-state index in [2.05, 4.69) is 9.88 Å². The molecule has 0 aliphatic carbocycles. The van der Waals surface area contributed by atoms with Gasteiger partial charge >= 0.3 is 0 Å². The Bertz CT molecular complexity index is 1210. The number of fused-ring (bicyclic) bond motifs is 2. The lowest BCUT2D eigenvalue weighted by Gasteiger charge is -2.43. The van der Waals surface area contributed by atoms with Gasteiger partial charge in [0.1, 0.15) is 17.2 Å². The molecule has 1 saturated heterocycles. The molecule has 2 aromatic carbocycles. The molecular formula is C24H22ClFN2O3. The Morgan fingerprint density at radius 1 is 1.23 bits per heavy atom. The highest BCUT2D eigenvalue weighted by Crippen LogP contribution is 2.40. The number of nitrogens with one attached hydrogen (secondary N) is 1. The molecule has 5 rings (SSSR count). The molecule has 5 nitrogen and oxygen atoms in total. The first kappa shape index (κ1) is 20.2. The van der Waals surface area contributed by atoms with Gasteiger partial charge in [0.25, 0.3) is 0 Å². The monoisotopic (exact) mass is 440 g/mol. The molecule has 0 amide bonds. The number of halogens is 2. The lowest BCUT2D eigenvalue weighted by atomic mass is 9.82. The molecule has 160 valence electrons. The van der Waals surface area contributed by atoms with Crippen LogP contribution in [0.2, 0.25) is 5.02 Å². The third-order valence-electron chi connectivity index (χ3n) is 6.41. The second-order valence-corrected chi connectivity index (χ2v) is 8.98. The highest BCUT2D eigenvalue weighted by molar-refractivity contribution is 6.31. The van der Waals surface area contributed by atoms with Crippen LogP contribution in [0.25, 0.3) is 10.9 Å². The van der Waals surface area contributed by atoms with Crippen LogP contribution in [0.15, 0.2) is 36.4 Å². The van der Waals surface area contributed by atoms with Crippen molar-refractivity contribution in [3.8, 4) is 5.75 Å². The molecule has 3 heterocycles. The molecule has 1 fully saturated rings. The number of likely N-dealkylation sites (tertiary alicyclic amines) is 1. The Labute approximate surface area is 184 Å². The van der Waals surface area contributed by atoms with Crippen LogP contribution >= 0.6 is 11.6 Å². The van der Waals surface area contributed by atoms with Crippen LogP contribution in [0.5, 0.6) is 5.75 Å². The highest BCUT2D eigenvalue weighted by atomic mass is 35.5. The van der Waals surface area contributed by atoms with E-state index in [1.54, 1.807) is 24.3 Å². The van der Waals surface area contributed by atoms with Gasteiger partial charge in [-0.15, -0.1) is 0 Å². The van der Waals surface area contributed by atoms with Crippen molar-refractivity contribution in [2.45, 2.75) is 31.8 Å². The van der Waals surface area contributed by atoms with Crippen LogP contribution < -0.4 is 4.74 Å². The van der Waals surface area contributed by atoms with Crippen molar-refractivity contribution in [2.24, 2.45) is 0 Å². The lowest BCUT2D eigenvalue weighted by molar-refractivity contribution is -0.00801. The molecule has 0 bridgehead atoms. The lowest BCUT2D eigenvalue weighted by Crippen LogP contribution is -2.51. The molecule has 1 spiro atoms. The average Bonchev–Trinajstić information content (AvgIpc) is 3.05. The number of aromatic nitrogens is 1. The van der Waals surface area contributed by atoms with E-state index in [9.17, 15) is 14.0 Å². The third kappa shape index (κ3) is 3.64. The number of hydrogen-bond donors (Lipinski definition) is 1. The van der Waals surface area contributed by atoms with Gasteiger partial charge in [0.05, 0.1) is 18.5 Å². The van der Waals surface area contributed by atoms with Gasteiger partial charge < -0.3 is 9.72 Å². The SMILES string of the molecule is Cc1[nH]c2ccc(F)cc2c1C(=O)CN1CCC2(CC1)CC(=O)c1cc(Cl)ccc1O2. The van der Waals surface area contributed by atoms with Crippen molar-refractivity contribution in [2.75, 3.05) is 19.6 Å². The molecule has 0 unspecified atom stereocenters. The molecule has 0 saturated carbocycles. The summed E-state index contributed by atoms with van der Waals surface area (Å²) in [5.41, 5.74) is 2.06. The molecule has 2 aliphatic heterocycles. The smallest absolute Gasteiger partial charge is 0.179 e. The second-order valence-electron chi connectivity index (χ2n) is 8.54. The van der Waals surface area contributed by atoms with E-state index in [1.165, 1.54) is 12.1 Å². The van der Waals surface area contributed by atoms with Gasteiger partial charge in [-0.3, -0.25) is 14.5 Å². The number of H-pyrrole nitrogens is 1. The fourth-order valence-electron chi connectivity index (χ4n) is 4.80. The number of Topliss-reactive ketones (excluding diaryl/α,β-unsaturated/α-hetero) is 2. The van der Waals surface area contributed by atoms with Crippen LogP contribution in [0.4, 0.5) is 4.39 Å². The minimum atomic E-state index is -0.530. The topological polar surface area (TPSA) is 62.4 Å². The first-order valence-corrected chi connectivity index (χ1v) is 10.8. The molecule has 31 heavy (non-hydrogen) atoms. The quantitative estimate of drug-likeness (QED) is 0.585. The maximum Gasteiger partial charge on any atom is 0.179 e. The van der Waals surface area contributed by atoms with Crippen molar-refractivity contribution in [1.29, 1.82) is 0 Å². The van der Waals surface area contributed by atoms with E-state index in [1.807, 2.05) is 6.92 Å². The van der Waals surface area contributed by atoms with Crippen molar-refractivity contribution < 1.29 is 18.7 Å². The van der Waals surface area contributed by atoms with Crippen LogP contribution in [-0.2, 0) is 0 Å². The summed E-state index contributed by atoms with van der Waals surface area (Å²) >= 11 is 6.02. The van der Waals surface area contributed by atoms with Gasteiger partial charge in [-0.05, 0) is 43.3 Å². The summed E-state index contributed by atoms with van der Waals surface area (Å²) in [6.07, 6.45) is 1.65. The number of ketones is 2. The number of aryl methyl sites for hydroxylation is 1. The zero-order valence-corrected chi connectivity index (χ0v) is 17.9. The fourth-order valence-corrected chi connectivity index (χ4v) is 4.98. The first-order valence-electron chi connectivity index (χ1n) is 10.4. The van der Waals surface area contributed by atoms with Crippen LogP contribution in [0.3, 0.4) is 0 Å². The van der Waals surface area contributed by atoms with Crippen molar-refractivity contribution in [3.05, 3.63) is 64.1 Å². The average molecular weight is 441 g/mol. The minimum Gasteiger partial charge on any atom is -0.486 e. The van der Waals surface area contributed by atoms with Crippen LogP contribution in [-0.4, -0.2) is 46.7 Å². The Hall–Kier alpha value is -2.70. The maximum absolute atomic E-state index is 13.7. The predicted molar refractivity (Wildman–Crippen MR) is 117 cm³/mol. The number of rotatable bonds is 3. The number of carbonyl (C=O) groups is 2. The third-order valence-corrected chi connectivity index (χ3v) is 6.65. The summed E-state index contributed by atoms with van der Waals surface area (Å²) < 4.78 is 20.0. The van der Waals surface area contributed by atoms with Gasteiger partial charge in [0.2, 0.25) is 0 Å². The molecule has 1 N–H and O–H groups in total. The summed E-state index contributed by atoms with van der Waals surface area (Å²) in [7, 11) is 0. The number of hydrogen-bond acceptors (Lipinski definition) is 4. The Kier molecular flexibility index (Phi) is 4.87. The van der Waals surface area contributed by atoms with E-state index < -0.39 is 5.60 Å². The molecule has 2 aliphatic rings. The van der Waals surface area contributed by atoms with Crippen LogP contribution in [0.1, 0.15) is 45.7 Å². The van der Waals surface area contributed by atoms with Crippen molar-refractivity contribution in [1.82, 2.24) is 9.88 Å². The van der Waals surface area contributed by atoms with Gasteiger partial charge in [-0.1, -0.05) is 11.6 Å². The molecule has 0 atom stereocenters. The summed E-state index contributed by atoms with van der Waals surface area (Å²) in [5, 5.41) is 1.14. The number of nitrogens with zero attached hydrogens (tertiary/aromatic N) is 1. The van der Waals surface area contributed by atoms with E-state index in [4.69, 9.17) is 16.3 Å². The van der Waals surface area contributed by atoms with E-state index in [0.29, 0.717) is 59.6 Å². The maximum atomic E-state index is 13.7. The largest absolute Gasteiger partial charge is 0.486 e. The molecule has 7 heteroatoms. The second kappa shape index (κ2) is 7.46. The van der Waals surface area contributed by atoms with E-state index in [0.717, 1.165) is 11.2 Å². The highest BCUT2D eigenvalue weighted by Gasteiger charge is 2.43. The summed E-state index contributed by atoms with van der Waals surface area (Å²) in [4.78, 5) is 31.0. The first-order chi connectivity index (χ1) is 14.8. The molecule has 0 radical (unpaired) electrons. The zero-order valence-electron chi connectivity index (χ0n) is 17.1. The van der Waals surface area contributed by atoms with Gasteiger partial charge in [-0.2, -0.15) is 0 Å². The number of aromatic amines is 1. The Balaban J connectivity index is 1.29. The summed E-state index contributed by atoms with van der Waals surface area (Å²) in [6.45, 7) is 3.39. The fraction of sp³-hybridized carbons (Fsp3) is 0.333. The van der Waals surface area contributed by atoms with Crippen molar-refractivity contribution in [3.63, 3.8) is 0 Å². The summed E-state index contributed by atoms with van der Waals surface area (Å²) in [5.74, 6) is 0.235. The standard InChI is InChI=1S/C24H22ClFN2O3/c1-14-23(17-11-16(26)3-4-19(17)27-14)21(30)13-28-8-6-24(7-9-28)12-20(29)18-10-15(25)2-5-22(18)31-24/h2-5,10-11,27H,6-9,12-13H2,1H3. The van der Waals surface area contributed by atoms with Gasteiger partial charge in [0.15, 0.2) is 11.6 Å².